The highest BCUT2D eigenvalue weighted by atomic mass is 35.5. The summed E-state index contributed by atoms with van der Waals surface area (Å²) in [6, 6.07) is 7.38. The van der Waals surface area contributed by atoms with E-state index in [0.717, 1.165) is 38.2 Å². The summed E-state index contributed by atoms with van der Waals surface area (Å²) in [6.45, 7) is 8.38. The molecule has 22 heavy (non-hydrogen) atoms. The highest BCUT2D eigenvalue weighted by Crippen LogP contribution is 2.30. The van der Waals surface area contributed by atoms with Crippen LogP contribution in [0.25, 0.3) is 0 Å². The lowest BCUT2D eigenvalue weighted by Gasteiger charge is -2.36. The number of halogens is 2. The summed E-state index contributed by atoms with van der Waals surface area (Å²) < 4.78 is 0. The van der Waals surface area contributed by atoms with E-state index in [2.05, 4.69) is 24.1 Å². The average molecular weight is 350 g/mol. The molecule has 0 spiro atoms. The van der Waals surface area contributed by atoms with Crippen molar-refractivity contribution in [3.63, 3.8) is 0 Å². The van der Waals surface area contributed by atoms with Crippen LogP contribution in [0.1, 0.15) is 31.9 Å². The summed E-state index contributed by atoms with van der Waals surface area (Å²) in [7, 11) is 0. The molecular formula is C15H25Cl2N3O2. The van der Waals surface area contributed by atoms with Crippen LogP contribution >= 0.6 is 24.8 Å². The van der Waals surface area contributed by atoms with Gasteiger partial charge in [-0.15, -0.1) is 24.8 Å². The normalized spacial score (nSPS) is 16.5. The van der Waals surface area contributed by atoms with Crippen LogP contribution in [0.2, 0.25) is 0 Å². The molecule has 1 saturated heterocycles. The number of hydrogen-bond donors (Lipinski definition) is 1. The van der Waals surface area contributed by atoms with Crippen LogP contribution in [0.5, 0.6) is 0 Å². The third-order valence-electron chi connectivity index (χ3n) is 3.75. The van der Waals surface area contributed by atoms with Crippen LogP contribution < -0.4 is 5.32 Å². The molecular weight excluding hydrogens is 325 g/mol. The Morgan fingerprint density at radius 2 is 1.91 bits per heavy atom. The minimum Gasteiger partial charge on any atom is -0.314 e. The molecule has 0 amide bonds. The molecule has 2 rings (SSSR count). The molecule has 0 unspecified atom stereocenters. The third kappa shape index (κ3) is 5.72. The van der Waals surface area contributed by atoms with Crippen LogP contribution in [0.15, 0.2) is 24.3 Å². The first-order valence-electron chi connectivity index (χ1n) is 7.27. The van der Waals surface area contributed by atoms with Crippen LogP contribution in [0.4, 0.5) is 5.69 Å². The van der Waals surface area contributed by atoms with E-state index < -0.39 is 0 Å². The van der Waals surface area contributed by atoms with E-state index in [1.807, 2.05) is 6.07 Å². The maximum absolute atomic E-state index is 11.0. The van der Waals surface area contributed by atoms with Gasteiger partial charge in [-0.2, -0.15) is 0 Å². The molecule has 0 radical (unpaired) electrons. The van der Waals surface area contributed by atoms with Gasteiger partial charge in [-0.3, -0.25) is 15.0 Å². The third-order valence-corrected chi connectivity index (χ3v) is 3.75. The Balaban J connectivity index is 0.00000220. The lowest BCUT2D eigenvalue weighted by atomic mass is 9.94. The smallest absolute Gasteiger partial charge is 0.269 e. The van der Waals surface area contributed by atoms with E-state index in [1.54, 1.807) is 18.2 Å². The van der Waals surface area contributed by atoms with E-state index in [4.69, 9.17) is 0 Å². The van der Waals surface area contributed by atoms with E-state index in [-0.39, 0.29) is 41.5 Å². The minimum absolute atomic E-state index is 0. The molecule has 5 nitrogen and oxygen atoms in total. The second kappa shape index (κ2) is 10.0. The van der Waals surface area contributed by atoms with Crippen LogP contribution in [-0.2, 0) is 0 Å². The summed E-state index contributed by atoms with van der Waals surface area (Å²) in [6.07, 6.45) is 1.03. The van der Waals surface area contributed by atoms with Crippen LogP contribution in [0.3, 0.4) is 0 Å². The van der Waals surface area contributed by atoms with Gasteiger partial charge < -0.3 is 5.32 Å². The second-order valence-corrected chi connectivity index (χ2v) is 5.78. The molecule has 126 valence electrons. The molecule has 7 heteroatoms. The van der Waals surface area contributed by atoms with Crippen molar-refractivity contribution in [2.45, 2.75) is 26.3 Å². The van der Waals surface area contributed by atoms with Crippen molar-refractivity contribution in [3.8, 4) is 0 Å². The first-order valence-corrected chi connectivity index (χ1v) is 7.27. The maximum Gasteiger partial charge on any atom is 0.269 e. The molecule has 0 aliphatic carbocycles. The van der Waals surface area contributed by atoms with Gasteiger partial charge in [0.15, 0.2) is 0 Å². The van der Waals surface area contributed by atoms with Crippen molar-refractivity contribution >= 4 is 30.5 Å². The Kier molecular flexibility index (Phi) is 9.60. The van der Waals surface area contributed by atoms with E-state index >= 15 is 0 Å². The fourth-order valence-corrected chi connectivity index (χ4v) is 2.78. The van der Waals surface area contributed by atoms with Gasteiger partial charge in [-0.25, -0.2) is 0 Å². The Labute approximate surface area is 144 Å². The molecule has 1 fully saturated rings. The van der Waals surface area contributed by atoms with Gasteiger partial charge in [-0.05, 0) is 17.9 Å². The van der Waals surface area contributed by atoms with Crippen molar-refractivity contribution in [1.29, 1.82) is 0 Å². The van der Waals surface area contributed by atoms with Gasteiger partial charge in [-0.1, -0.05) is 26.0 Å². The zero-order chi connectivity index (χ0) is 14.5. The fraction of sp³-hybridized carbons (Fsp3) is 0.600. The highest BCUT2D eigenvalue weighted by Gasteiger charge is 2.24. The molecule has 1 aliphatic heterocycles. The maximum atomic E-state index is 11.0. The molecule has 1 heterocycles. The number of nitrogens with zero attached hydrogens (tertiary/aromatic N) is 2. The van der Waals surface area contributed by atoms with Crippen molar-refractivity contribution in [1.82, 2.24) is 10.2 Å². The summed E-state index contributed by atoms with van der Waals surface area (Å²) in [5.41, 5.74) is 1.25. The van der Waals surface area contributed by atoms with Crippen molar-refractivity contribution in [2.75, 3.05) is 26.2 Å². The lowest BCUT2D eigenvalue weighted by molar-refractivity contribution is -0.385. The van der Waals surface area contributed by atoms with E-state index in [0.29, 0.717) is 5.92 Å². The quantitative estimate of drug-likeness (QED) is 0.653. The standard InChI is InChI=1S/C15H23N3O2.2ClH/c1-12(2)10-15(17-8-6-16-7-9-17)13-4-3-5-14(11-13)18(19)20;;/h3-5,11-12,15-16H,6-10H2,1-2H3;2*1H/t15-;;/m0../s1. The predicted octanol–water partition coefficient (Wildman–Crippen LogP) is 3.43. The SMILES string of the molecule is CC(C)C[C@@H](c1cccc([N+](=O)[O-])c1)N1CCNCC1.Cl.Cl. The Hall–Kier alpha value is -0.880. The molecule has 1 atom stereocenters. The largest absolute Gasteiger partial charge is 0.314 e. The van der Waals surface area contributed by atoms with Crippen molar-refractivity contribution < 1.29 is 4.92 Å². The molecule has 0 saturated carbocycles. The van der Waals surface area contributed by atoms with Gasteiger partial charge in [0.05, 0.1) is 4.92 Å². The average Bonchev–Trinajstić information content (AvgIpc) is 2.45. The summed E-state index contributed by atoms with van der Waals surface area (Å²) in [5.74, 6) is 0.564. The van der Waals surface area contributed by atoms with Gasteiger partial charge in [0, 0.05) is 44.4 Å². The number of benzene rings is 1. The van der Waals surface area contributed by atoms with Crippen molar-refractivity contribution in [3.05, 3.63) is 39.9 Å². The summed E-state index contributed by atoms with van der Waals surface area (Å²) >= 11 is 0. The molecule has 1 aliphatic rings. The number of nitro groups is 1. The Bertz CT molecular complexity index is 466. The van der Waals surface area contributed by atoms with Crippen LogP contribution in [-0.4, -0.2) is 36.0 Å². The van der Waals surface area contributed by atoms with Crippen molar-refractivity contribution in [2.24, 2.45) is 5.92 Å². The van der Waals surface area contributed by atoms with Gasteiger partial charge in [0.25, 0.3) is 5.69 Å². The zero-order valence-corrected chi connectivity index (χ0v) is 14.7. The Morgan fingerprint density at radius 3 is 2.45 bits per heavy atom. The zero-order valence-electron chi connectivity index (χ0n) is 13.0. The minimum atomic E-state index is -0.312. The first kappa shape index (κ1) is 21.1. The topological polar surface area (TPSA) is 58.4 Å². The number of non-ortho nitro benzene ring substituents is 1. The Morgan fingerprint density at radius 1 is 1.27 bits per heavy atom. The molecule has 1 aromatic carbocycles. The first-order chi connectivity index (χ1) is 9.58. The highest BCUT2D eigenvalue weighted by molar-refractivity contribution is 5.85. The second-order valence-electron chi connectivity index (χ2n) is 5.78. The number of nitro benzene ring substituents is 1. The number of hydrogen-bond acceptors (Lipinski definition) is 4. The van der Waals surface area contributed by atoms with Gasteiger partial charge in [0.1, 0.15) is 0 Å². The number of piperazine rings is 1. The summed E-state index contributed by atoms with van der Waals surface area (Å²) in [4.78, 5) is 13.1. The van der Waals surface area contributed by atoms with E-state index in [9.17, 15) is 10.1 Å². The van der Waals surface area contributed by atoms with Gasteiger partial charge >= 0.3 is 0 Å². The summed E-state index contributed by atoms with van der Waals surface area (Å²) in [5, 5.41) is 14.3. The predicted molar refractivity (Wildman–Crippen MR) is 94.2 cm³/mol. The number of rotatable bonds is 5. The van der Waals surface area contributed by atoms with Gasteiger partial charge in [0.2, 0.25) is 0 Å². The fourth-order valence-electron chi connectivity index (χ4n) is 2.78. The molecule has 0 bridgehead atoms. The monoisotopic (exact) mass is 349 g/mol. The van der Waals surface area contributed by atoms with E-state index in [1.165, 1.54) is 0 Å². The van der Waals surface area contributed by atoms with Crippen LogP contribution in [0, 0.1) is 16.0 Å². The molecule has 1 N–H and O–H groups in total. The number of nitrogens with one attached hydrogen (secondary N) is 1. The molecule has 1 aromatic rings. The lowest BCUT2D eigenvalue weighted by Crippen LogP contribution is -2.45. The molecule has 0 aromatic heterocycles.